The van der Waals surface area contributed by atoms with Gasteiger partial charge in [0.2, 0.25) is 5.91 Å². The molecule has 1 aromatic carbocycles. The highest BCUT2D eigenvalue weighted by molar-refractivity contribution is 5.82. The van der Waals surface area contributed by atoms with Crippen LogP contribution in [-0.2, 0) is 17.8 Å². The van der Waals surface area contributed by atoms with Crippen molar-refractivity contribution in [3.8, 4) is 0 Å². The van der Waals surface area contributed by atoms with Crippen molar-refractivity contribution in [3.05, 3.63) is 35.4 Å². The first-order valence-corrected chi connectivity index (χ1v) is 8.09. The van der Waals surface area contributed by atoms with Gasteiger partial charge < -0.3 is 15.5 Å². The van der Waals surface area contributed by atoms with E-state index in [1.807, 2.05) is 0 Å². The predicted octanol–water partition coefficient (Wildman–Crippen LogP) is 1.30. The van der Waals surface area contributed by atoms with Crippen LogP contribution in [0.1, 0.15) is 30.9 Å². The third-order valence-corrected chi connectivity index (χ3v) is 4.70. The van der Waals surface area contributed by atoms with E-state index in [1.54, 1.807) is 0 Å². The van der Waals surface area contributed by atoms with Crippen molar-refractivity contribution in [2.24, 2.45) is 0 Å². The molecule has 4 nitrogen and oxygen atoms in total. The highest BCUT2D eigenvalue weighted by atomic mass is 16.2. The van der Waals surface area contributed by atoms with Crippen LogP contribution >= 0.6 is 0 Å². The summed E-state index contributed by atoms with van der Waals surface area (Å²) in [5.41, 5.74) is 2.62. The topological polar surface area (TPSA) is 44.4 Å². The van der Waals surface area contributed by atoms with Crippen LogP contribution in [-0.4, -0.2) is 42.5 Å². The third-order valence-electron chi connectivity index (χ3n) is 4.70. The van der Waals surface area contributed by atoms with E-state index in [0.717, 1.165) is 39.0 Å². The molecule has 1 amide bonds. The van der Waals surface area contributed by atoms with Crippen LogP contribution in [0.25, 0.3) is 0 Å². The fourth-order valence-corrected chi connectivity index (χ4v) is 3.40. The molecule has 1 saturated heterocycles. The minimum absolute atomic E-state index is 0.0862. The Morgan fingerprint density at radius 2 is 2.19 bits per heavy atom. The Hall–Kier alpha value is -1.39. The van der Waals surface area contributed by atoms with E-state index in [4.69, 9.17) is 0 Å². The summed E-state index contributed by atoms with van der Waals surface area (Å²) in [6.07, 6.45) is 3.08. The zero-order chi connectivity index (χ0) is 14.7. The molecule has 1 unspecified atom stereocenters. The Balaban J connectivity index is 1.57. The molecule has 0 radical (unpaired) electrons. The molecule has 0 aromatic heterocycles. The number of rotatable bonds is 3. The summed E-state index contributed by atoms with van der Waals surface area (Å²) in [4.78, 5) is 14.9. The lowest BCUT2D eigenvalue weighted by molar-refractivity contribution is -0.124. The van der Waals surface area contributed by atoms with E-state index >= 15 is 0 Å². The van der Waals surface area contributed by atoms with E-state index in [1.165, 1.54) is 17.5 Å². The largest absolute Gasteiger partial charge is 0.351 e. The average Bonchev–Trinajstić information content (AvgIpc) is 2.54. The van der Waals surface area contributed by atoms with Gasteiger partial charge in [-0.2, -0.15) is 0 Å². The Morgan fingerprint density at radius 1 is 1.38 bits per heavy atom. The summed E-state index contributed by atoms with van der Waals surface area (Å²) >= 11 is 0. The zero-order valence-electron chi connectivity index (χ0n) is 12.8. The summed E-state index contributed by atoms with van der Waals surface area (Å²) in [5.74, 6) is 0.160. The standard InChI is InChI=1S/C17H25N3O/c1-2-20-9-5-8-15(12-20)19-17(21)16-10-13-6-3-4-7-14(13)11-18-16/h3-4,6-7,15-16,18H,2,5,8-12H2,1H3,(H,19,21)/t15?,16-/m0/s1. The van der Waals surface area contributed by atoms with Crippen LogP contribution in [0.3, 0.4) is 0 Å². The molecule has 2 aliphatic rings. The summed E-state index contributed by atoms with van der Waals surface area (Å²) in [6.45, 7) is 6.20. The van der Waals surface area contributed by atoms with Crippen molar-refractivity contribution in [2.75, 3.05) is 19.6 Å². The minimum Gasteiger partial charge on any atom is -0.351 e. The summed E-state index contributed by atoms with van der Waals surface area (Å²) in [7, 11) is 0. The predicted molar refractivity (Wildman–Crippen MR) is 84.1 cm³/mol. The van der Waals surface area contributed by atoms with Gasteiger partial charge >= 0.3 is 0 Å². The molecule has 3 rings (SSSR count). The normalized spacial score (nSPS) is 26.1. The lowest BCUT2D eigenvalue weighted by Gasteiger charge is -2.34. The molecule has 114 valence electrons. The van der Waals surface area contributed by atoms with E-state index in [-0.39, 0.29) is 11.9 Å². The fourth-order valence-electron chi connectivity index (χ4n) is 3.40. The van der Waals surface area contributed by atoms with Gasteiger partial charge in [0, 0.05) is 19.1 Å². The van der Waals surface area contributed by atoms with Crippen LogP contribution in [0, 0.1) is 0 Å². The van der Waals surface area contributed by atoms with E-state index in [0.29, 0.717) is 6.04 Å². The molecule has 0 spiro atoms. The number of carbonyl (C=O) groups excluding carboxylic acids is 1. The van der Waals surface area contributed by atoms with Crippen LogP contribution < -0.4 is 10.6 Å². The molecule has 0 aliphatic carbocycles. The number of hydrogen-bond donors (Lipinski definition) is 2. The maximum Gasteiger partial charge on any atom is 0.237 e. The maximum absolute atomic E-state index is 12.5. The highest BCUT2D eigenvalue weighted by Gasteiger charge is 2.27. The maximum atomic E-state index is 12.5. The first kappa shape index (κ1) is 14.5. The number of likely N-dealkylation sites (N-methyl/N-ethyl adjacent to an activating group) is 1. The quantitative estimate of drug-likeness (QED) is 0.881. The van der Waals surface area contributed by atoms with Gasteiger partial charge in [0.1, 0.15) is 0 Å². The Bertz CT molecular complexity index is 503. The number of hydrogen-bond acceptors (Lipinski definition) is 3. The van der Waals surface area contributed by atoms with Gasteiger partial charge in [0.05, 0.1) is 6.04 Å². The van der Waals surface area contributed by atoms with Gasteiger partial charge in [-0.15, -0.1) is 0 Å². The summed E-state index contributed by atoms with van der Waals surface area (Å²) < 4.78 is 0. The van der Waals surface area contributed by atoms with Crippen LogP contribution in [0.15, 0.2) is 24.3 Å². The van der Waals surface area contributed by atoms with Gasteiger partial charge in [0.25, 0.3) is 0 Å². The first-order chi connectivity index (χ1) is 10.3. The van der Waals surface area contributed by atoms with Gasteiger partial charge in [0.15, 0.2) is 0 Å². The average molecular weight is 287 g/mol. The smallest absolute Gasteiger partial charge is 0.237 e. The number of fused-ring (bicyclic) bond motifs is 1. The van der Waals surface area contributed by atoms with Crippen LogP contribution in [0.2, 0.25) is 0 Å². The van der Waals surface area contributed by atoms with Crippen molar-refractivity contribution in [3.63, 3.8) is 0 Å². The van der Waals surface area contributed by atoms with Crippen molar-refractivity contribution in [2.45, 2.75) is 44.8 Å². The monoisotopic (exact) mass is 287 g/mol. The highest BCUT2D eigenvalue weighted by Crippen LogP contribution is 2.17. The molecule has 0 saturated carbocycles. The SMILES string of the molecule is CCN1CCCC(NC(=O)[C@@H]2Cc3ccccc3CN2)C1. The molecule has 0 bridgehead atoms. The number of piperidine rings is 1. The summed E-state index contributed by atoms with van der Waals surface area (Å²) in [5, 5.41) is 6.60. The number of amides is 1. The van der Waals surface area contributed by atoms with Gasteiger partial charge in [-0.25, -0.2) is 0 Å². The Kier molecular flexibility index (Phi) is 4.56. The number of nitrogens with zero attached hydrogens (tertiary/aromatic N) is 1. The molecular formula is C17H25N3O. The molecule has 1 fully saturated rings. The lowest BCUT2D eigenvalue weighted by Crippen LogP contribution is -2.54. The van der Waals surface area contributed by atoms with Crippen molar-refractivity contribution in [1.82, 2.24) is 15.5 Å². The van der Waals surface area contributed by atoms with Gasteiger partial charge in [-0.1, -0.05) is 31.2 Å². The third kappa shape index (κ3) is 3.44. The lowest BCUT2D eigenvalue weighted by atomic mass is 9.95. The van der Waals surface area contributed by atoms with Crippen molar-refractivity contribution < 1.29 is 4.79 Å². The number of nitrogens with one attached hydrogen (secondary N) is 2. The first-order valence-electron chi connectivity index (χ1n) is 8.09. The second-order valence-corrected chi connectivity index (χ2v) is 6.15. The molecule has 2 heterocycles. The van der Waals surface area contributed by atoms with Gasteiger partial charge in [-0.05, 0) is 43.5 Å². The zero-order valence-corrected chi connectivity index (χ0v) is 12.8. The molecular weight excluding hydrogens is 262 g/mol. The van der Waals surface area contributed by atoms with Crippen molar-refractivity contribution >= 4 is 5.91 Å². The second kappa shape index (κ2) is 6.58. The van der Waals surface area contributed by atoms with Crippen LogP contribution in [0.5, 0.6) is 0 Å². The van der Waals surface area contributed by atoms with Crippen LogP contribution in [0.4, 0.5) is 0 Å². The molecule has 2 aliphatic heterocycles. The fraction of sp³-hybridized carbons (Fsp3) is 0.588. The molecule has 2 N–H and O–H groups in total. The van der Waals surface area contributed by atoms with E-state index in [2.05, 4.69) is 46.7 Å². The van der Waals surface area contributed by atoms with Crippen molar-refractivity contribution in [1.29, 1.82) is 0 Å². The number of benzene rings is 1. The van der Waals surface area contributed by atoms with E-state index < -0.39 is 0 Å². The Labute approximate surface area is 126 Å². The molecule has 1 aromatic rings. The molecule has 21 heavy (non-hydrogen) atoms. The number of carbonyl (C=O) groups is 1. The van der Waals surface area contributed by atoms with Gasteiger partial charge in [-0.3, -0.25) is 4.79 Å². The van der Waals surface area contributed by atoms with E-state index in [9.17, 15) is 4.79 Å². The molecule has 2 atom stereocenters. The molecule has 4 heteroatoms. The second-order valence-electron chi connectivity index (χ2n) is 6.15. The Morgan fingerprint density at radius 3 is 3.00 bits per heavy atom. The number of likely N-dealkylation sites (tertiary alicyclic amines) is 1. The minimum atomic E-state index is -0.0862. The summed E-state index contributed by atoms with van der Waals surface area (Å²) in [6, 6.07) is 8.61.